The molecule has 100 valence electrons. The number of carbonyl (C=O) groups excluding carboxylic acids is 1. The normalized spacial score (nSPS) is 18.8. The molecule has 1 aliphatic carbocycles. The monoisotopic (exact) mass is 251 g/mol. The molecule has 5 nitrogen and oxygen atoms in total. The van der Waals surface area contributed by atoms with Crippen LogP contribution >= 0.6 is 0 Å². The Morgan fingerprint density at radius 1 is 1.44 bits per heavy atom. The highest BCUT2D eigenvalue weighted by Crippen LogP contribution is 2.33. The van der Waals surface area contributed by atoms with Gasteiger partial charge in [0, 0.05) is 13.7 Å². The molecule has 18 heavy (non-hydrogen) atoms. The molecule has 1 aromatic heterocycles. The first-order valence-electron chi connectivity index (χ1n) is 6.68. The van der Waals surface area contributed by atoms with Crippen molar-refractivity contribution in [3.8, 4) is 0 Å². The summed E-state index contributed by atoms with van der Waals surface area (Å²) in [5.41, 5.74) is -0.570. The molecule has 5 heteroatoms. The van der Waals surface area contributed by atoms with Crippen LogP contribution in [-0.2, 0) is 23.0 Å². The van der Waals surface area contributed by atoms with E-state index < -0.39 is 5.60 Å². The third-order valence-electron chi connectivity index (χ3n) is 3.71. The second-order valence-electron chi connectivity index (χ2n) is 4.89. The lowest BCUT2D eigenvalue weighted by molar-refractivity contribution is -0.148. The van der Waals surface area contributed by atoms with Gasteiger partial charge in [0.1, 0.15) is 17.8 Å². The number of Topliss-reactive ketones (excluding diaryl/α,β-unsaturated/α-hetero) is 1. The Bertz CT molecular complexity index is 403. The van der Waals surface area contributed by atoms with Crippen molar-refractivity contribution < 1.29 is 9.53 Å². The van der Waals surface area contributed by atoms with E-state index in [0.717, 1.165) is 25.7 Å². The summed E-state index contributed by atoms with van der Waals surface area (Å²) in [7, 11) is 1.81. The van der Waals surface area contributed by atoms with Crippen LogP contribution in [0.15, 0.2) is 6.33 Å². The fourth-order valence-electron chi connectivity index (χ4n) is 2.69. The molecule has 0 spiro atoms. The second kappa shape index (κ2) is 5.61. The summed E-state index contributed by atoms with van der Waals surface area (Å²) in [4.78, 5) is 16.6. The van der Waals surface area contributed by atoms with Crippen LogP contribution < -0.4 is 0 Å². The molecule has 0 amide bonds. The Kier molecular flexibility index (Phi) is 4.11. The summed E-state index contributed by atoms with van der Waals surface area (Å²) in [6.07, 6.45) is 6.84. The molecule has 0 radical (unpaired) electrons. The maximum Gasteiger partial charge on any atom is 0.172 e. The summed E-state index contributed by atoms with van der Waals surface area (Å²) in [5.74, 6) is 0.866. The van der Waals surface area contributed by atoms with Crippen LogP contribution in [0.5, 0.6) is 0 Å². The number of aryl methyl sites for hydroxylation is 1. The Hall–Kier alpha value is -1.23. The van der Waals surface area contributed by atoms with Crippen LogP contribution in [0, 0.1) is 0 Å². The Morgan fingerprint density at radius 3 is 2.72 bits per heavy atom. The average Bonchev–Trinajstić information content (AvgIpc) is 2.76. The van der Waals surface area contributed by atoms with Crippen molar-refractivity contribution in [2.75, 3.05) is 6.61 Å². The van der Waals surface area contributed by atoms with Gasteiger partial charge in [0.05, 0.1) is 6.42 Å². The zero-order valence-electron chi connectivity index (χ0n) is 11.2. The Balaban J connectivity index is 2.11. The van der Waals surface area contributed by atoms with Crippen molar-refractivity contribution >= 4 is 5.78 Å². The lowest BCUT2D eigenvalue weighted by atomic mass is 9.80. The van der Waals surface area contributed by atoms with Gasteiger partial charge < -0.3 is 4.74 Å². The number of hydrogen-bond acceptors (Lipinski definition) is 4. The van der Waals surface area contributed by atoms with Gasteiger partial charge in [-0.1, -0.05) is 19.3 Å². The number of ketones is 1. The first-order valence-corrected chi connectivity index (χ1v) is 6.68. The molecule has 0 N–H and O–H groups in total. The molecule has 1 fully saturated rings. The summed E-state index contributed by atoms with van der Waals surface area (Å²) < 4.78 is 7.47. The third kappa shape index (κ3) is 2.61. The standard InChI is InChI=1S/C13H21N3O2/c1-3-18-13(7-5-4-6-8-13)11(17)9-12-14-10-15-16(12)2/h10H,3-9H2,1-2H3. The van der Waals surface area contributed by atoms with E-state index in [4.69, 9.17) is 4.74 Å². The molecule has 1 aliphatic rings. The molecule has 1 saturated carbocycles. The molecule has 0 saturated heterocycles. The number of ether oxygens (including phenoxy) is 1. The van der Waals surface area contributed by atoms with Crippen LogP contribution in [-0.4, -0.2) is 32.8 Å². The molecule has 2 rings (SSSR count). The van der Waals surface area contributed by atoms with Crippen LogP contribution in [0.1, 0.15) is 44.9 Å². The molecular weight excluding hydrogens is 230 g/mol. The van der Waals surface area contributed by atoms with Crippen molar-refractivity contribution in [2.24, 2.45) is 7.05 Å². The van der Waals surface area contributed by atoms with Crippen molar-refractivity contribution in [3.63, 3.8) is 0 Å². The summed E-state index contributed by atoms with van der Waals surface area (Å²) in [6.45, 7) is 2.54. The van der Waals surface area contributed by atoms with Crippen LogP contribution in [0.4, 0.5) is 0 Å². The molecule has 0 aromatic carbocycles. The lowest BCUT2D eigenvalue weighted by Gasteiger charge is -2.35. The number of rotatable bonds is 5. The van der Waals surface area contributed by atoms with Gasteiger partial charge >= 0.3 is 0 Å². The van der Waals surface area contributed by atoms with Gasteiger partial charge in [-0.15, -0.1) is 0 Å². The molecule has 0 atom stereocenters. The van der Waals surface area contributed by atoms with Gasteiger partial charge in [-0.2, -0.15) is 5.10 Å². The van der Waals surface area contributed by atoms with Crippen molar-refractivity contribution in [3.05, 3.63) is 12.2 Å². The fraction of sp³-hybridized carbons (Fsp3) is 0.769. The van der Waals surface area contributed by atoms with Gasteiger partial charge in [0.25, 0.3) is 0 Å². The van der Waals surface area contributed by atoms with Gasteiger partial charge in [-0.25, -0.2) is 4.98 Å². The maximum absolute atomic E-state index is 12.5. The number of carbonyl (C=O) groups is 1. The van der Waals surface area contributed by atoms with E-state index in [1.807, 2.05) is 14.0 Å². The predicted molar refractivity (Wildman–Crippen MR) is 67.2 cm³/mol. The van der Waals surface area contributed by atoms with E-state index in [1.165, 1.54) is 12.7 Å². The quantitative estimate of drug-likeness (QED) is 0.798. The van der Waals surface area contributed by atoms with E-state index in [0.29, 0.717) is 18.9 Å². The van der Waals surface area contributed by atoms with E-state index in [-0.39, 0.29) is 5.78 Å². The summed E-state index contributed by atoms with van der Waals surface area (Å²) >= 11 is 0. The number of nitrogens with zero attached hydrogens (tertiary/aromatic N) is 3. The Morgan fingerprint density at radius 2 is 2.17 bits per heavy atom. The zero-order chi connectivity index (χ0) is 13.0. The molecular formula is C13H21N3O2. The van der Waals surface area contributed by atoms with Crippen LogP contribution in [0.3, 0.4) is 0 Å². The summed E-state index contributed by atoms with van der Waals surface area (Å²) in [6, 6.07) is 0. The van der Waals surface area contributed by atoms with E-state index >= 15 is 0 Å². The van der Waals surface area contributed by atoms with Crippen LogP contribution in [0.2, 0.25) is 0 Å². The van der Waals surface area contributed by atoms with E-state index in [9.17, 15) is 4.79 Å². The minimum Gasteiger partial charge on any atom is -0.367 e. The second-order valence-corrected chi connectivity index (χ2v) is 4.89. The molecule has 1 aromatic rings. The smallest absolute Gasteiger partial charge is 0.172 e. The molecule has 0 unspecified atom stereocenters. The molecule has 0 aliphatic heterocycles. The van der Waals surface area contributed by atoms with Gasteiger partial charge in [-0.3, -0.25) is 9.48 Å². The predicted octanol–water partition coefficient (Wildman–Crippen LogP) is 1.67. The highest BCUT2D eigenvalue weighted by molar-refractivity contribution is 5.88. The number of aromatic nitrogens is 3. The minimum atomic E-state index is -0.570. The fourth-order valence-corrected chi connectivity index (χ4v) is 2.69. The molecule has 1 heterocycles. The van der Waals surface area contributed by atoms with Gasteiger partial charge in [0.15, 0.2) is 5.78 Å². The Labute approximate surface area is 108 Å². The van der Waals surface area contributed by atoms with Crippen molar-refractivity contribution in [1.29, 1.82) is 0 Å². The van der Waals surface area contributed by atoms with Crippen molar-refractivity contribution in [1.82, 2.24) is 14.8 Å². The third-order valence-corrected chi connectivity index (χ3v) is 3.71. The van der Waals surface area contributed by atoms with E-state index in [1.54, 1.807) is 4.68 Å². The first-order chi connectivity index (χ1) is 8.68. The number of hydrogen-bond donors (Lipinski definition) is 0. The highest BCUT2D eigenvalue weighted by atomic mass is 16.5. The van der Waals surface area contributed by atoms with E-state index in [2.05, 4.69) is 10.1 Å². The zero-order valence-corrected chi connectivity index (χ0v) is 11.2. The molecule has 0 bridgehead atoms. The minimum absolute atomic E-state index is 0.153. The van der Waals surface area contributed by atoms with Crippen molar-refractivity contribution in [2.45, 2.75) is 51.0 Å². The van der Waals surface area contributed by atoms with Crippen LogP contribution in [0.25, 0.3) is 0 Å². The topological polar surface area (TPSA) is 57.0 Å². The SMILES string of the molecule is CCOC1(C(=O)Cc2ncnn2C)CCCCC1. The summed E-state index contributed by atoms with van der Waals surface area (Å²) in [5, 5.41) is 4.00. The lowest BCUT2D eigenvalue weighted by Crippen LogP contribution is -2.44. The average molecular weight is 251 g/mol. The van der Waals surface area contributed by atoms with Gasteiger partial charge in [-0.05, 0) is 19.8 Å². The largest absolute Gasteiger partial charge is 0.367 e. The highest BCUT2D eigenvalue weighted by Gasteiger charge is 2.40. The maximum atomic E-state index is 12.5. The first kappa shape index (κ1) is 13.2. The van der Waals surface area contributed by atoms with Gasteiger partial charge in [0.2, 0.25) is 0 Å².